The quantitative estimate of drug-likeness (QED) is 0.859. The highest BCUT2D eigenvalue weighted by atomic mass is 16.2. The van der Waals surface area contributed by atoms with E-state index in [2.05, 4.69) is 23.1 Å². The van der Waals surface area contributed by atoms with Gasteiger partial charge in [-0.1, -0.05) is 12.0 Å². The highest BCUT2D eigenvalue weighted by Crippen LogP contribution is 2.39. The van der Waals surface area contributed by atoms with E-state index in [1.165, 1.54) is 0 Å². The number of carbonyl (C=O) groups is 1. The Bertz CT molecular complexity index is 822. The summed E-state index contributed by atoms with van der Waals surface area (Å²) >= 11 is 0. The molecule has 4 heteroatoms. The maximum absolute atomic E-state index is 12.1. The molecule has 2 atom stereocenters. The predicted octanol–water partition coefficient (Wildman–Crippen LogP) is 3.67. The molecule has 4 nitrogen and oxygen atoms in total. The van der Waals surface area contributed by atoms with Crippen molar-refractivity contribution in [3.63, 3.8) is 0 Å². The van der Waals surface area contributed by atoms with Gasteiger partial charge in [0.15, 0.2) is 0 Å². The van der Waals surface area contributed by atoms with Crippen LogP contribution in [-0.2, 0) is 4.79 Å². The van der Waals surface area contributed by atoms with Gasteiger partial charge in [0.25, 0.3) is 0 Å². The zero-order chi connectivity index (χ0) is 17.3. The molecular formula is C20H21N3O. The Balaban J connectivity index is 2.03. The largest absolute Gasteiger partial charge is 0.363 e. The maximum atomic E-state index is 12.1. The lowest BCUT2D eigenvalue weighted by molar-refractivity contribution is -0.117. The third-order valence-electron chi connectivity index (χ3n) is 4.40. The fourth-order valence-corrected chi connectivity index (χ4v) is 3.37. The number of nitrogens with zero attached hydrogens (tertiary/aromatic N) is 2. The summed E-state index contributed by atoms with van der Waals surface area (Å²) in [5.41, 5.74) is 3.75. The Morgan fingerprint density at radius 3 is 2.83 bits per heavy atom. The summed E-state index contributed by atoms with van der Waals surface area (Å²) in [5, 5.41) is 3.50. The number of rotatable bonds is 2. The molecule has 2 aromatic rings. The molecule has 1 amide bonds. The van der Waals surface area contributed by atoms with Crippen LogP contribution in [0, 0.1) is 19.3 Å². The summed E-state index contributed by atoms with van der Waals surface area (Å²) in [6.07, 6.45) is 6.36. The number of aromatic nitrogens is 1. The van der Waals surface area contributed by atoms with E-state index in [9.17, 15) is 4.79 Å². The number of benzene rings is 1. The van der Waals surface area contributed by atoms with Gasteiger partial charge in [0.1, 0.15) is 5.82 Å². The standard InChI is InChI=1S/C20H21N3O/c1-5-16-9-10-19-17(12-16)18(11-14(3)23(19)15(4)24)22-20-8-6-7-13(2)21-20/h1,6-10,12,14,18H,11H2,2-4H3,(H,21,22)/t14-,18+/m0/s1. The van der Waals surface area contributed by atoms with Gasteiger partial charge in [-0.15, -0.1) is 6.42 Å². The van der Waals surface area contributed by atoms with E-state index < -0.39 is 0 Å². The topological polar surface area (TPSA) is 45.2 Å². The Morgan fingerprint density at radius 1 is 1.38 bits per heavy atom. The normalized spacial score (nSPS) is 19.3. The zero-order valence-corrected chi connectivity index (χ0v) is 14.2. The average molecular weight is 319 g/mol. The number of nitrogens with one attached hydrogen (secondary N) is 1. The van der Waals surface area contributed by atoms with Crippen LogP contribution in [0.3, 0.4) is 0 Å². The molecule has 1 aromatic carbocycles. The summed E-state index contributed by atoms with van der Waals surface area (Å²) in [5.74, 6) is 3.56. The molecule has 0 radical (unpaired) electrons. The fraction of sp³-hybridized carbons (Fsp3) is 0.300. The number of hydrogen-bond donors (Lipinski definition) is 1. The molecule has 0 aliphatic carbocycles. The number of aryl methyl sites for hydroxylation is 1. The molecule has 1 aliphatic rings. The fourth-order valence-electron chi connectivity index (χ4n) is 3.37. The molecule has 0 saturated heterocycles. The van der Waals surface area contributed by atoms with Crippen molar-refractivity contribution in [2.24, 2.45) is 0 Å². The van der Waals surface area contributed by atoms with Crippen LogP contribution in [0.4, 0.5) is 11.5 Å². The number of pyridine rings is 1. The maximum Gasteiger partial charge on any atom is 0.224 e. The van der Waals surface area contributed by atoms with Crippen molar-refractivity contribution in [1.29, 1.82) is 0 Å². The minimum absolute atomic E-state index is 0.0457. The van der Waals surface area contributed by atoms with Crippen LogP contribution >= 0.6 is 0 Å². The summed E-state index contributed by atoms with van der Waals surface area (Å²) in [4.78, 5) is 18.5. The summed E-state index contributed by atoms with van der Waals surface area (Å²) < 4.78 is 0. The van der Waals surface area contributed by atoms with Gasteiger partial charge in [0, 0.05) is 29.9 Å². The molecule has 1 N–H and O–H groups in total. The number of anilines is 2. The van der Waals surface area contributed by atoms with Crippen LogP contribution < -0.4 is 10.2 Å². The van der Waals surface area contributed by atoms with Gasteiger partial charge in [0.05, 0.1) is 6.04 Å². The molecule has 24 heavy (non-hydrogen) atoms. The number of amides is 1. The molecule has 1 aliphatic heterocycles. The van der Waals surface area contributed by atoms with Crippen LogP contribution in [0.15, 0.2) is 36.4 Å². The van der Waals surface area contributed by atoms with E-state index >= 15 is 0 Å². The molecular weight excluding hydrogens is 298 g/mol. The first-order valence-corrected chi connectivity index (χ1v) is 8.10. The first-order valence-electron chi connectivity index (χ1n) is 8.10. The lowest BCUT2D eigenvalue weighted by Gasteiger charge is -2.39. The second-order valence-electron chi connectivity index (χ2n) is 6.25. The molecule has 0 bridgehead atoms. The molecule has 0 unspecified atom stereocenters. The Hall–Kier alpha value is -2.80. The average Bonchev–Trinajstić information content (AvgIpc) is 2.54. The molecule has 1 aromatic heterocycles. The Kier molecular flexibility index (Phi) is 4.26. The van der Waals surface area contributed by atoms with E-state index in [0.717, 1.165) is 34.7 Å². The molecule has 122 valence electrons. The molecule has 0 spiro atoms. The molecule has 0 fully saturated rings. The van der Waals surface area contributed by atoms with Crippen molar-refractivity contribution in [3.8, 4) is 12.3 Å². The van der Waals surface area contributed by atoms with Crippen LogP contribution in [0.5, 0.6) is 0 Å². The van der Waals surface area contributed by atoms with Crippen molar-refractivity contribution in [1.82, 2.24) is 4.98 Å². The third kappa shape index (κ3) is 2.98. The van der Waals surface area contributed by atoms with E-state index in [1.54, 1.807) is 6.92 Å². The number of fused-ring (bicyclic) bond motifs is 1. The first-order chi connectivity index (χ1) is 11.5. The lowest BCUT2D eigenvalue weighted by Crippen LogP contribution is -2.43. The third-order valence-corrected chi connectivity index (χ3v) is 4.40. The molecule has 2 heterocycles. The minimum Gasteiger partial charge on any atom is -0.363 e. The van der Waals surface area contributed by atoms with Crippen LogP contribution in [0.25, 0.3) is 0 Å². The van der Waals surface area contributed by atoms with Crippen molar-refractivity contribution in [3.05, 3.63) is 53.2 Å². The number of hydrogen-bond acceptors (Lipinski definition) is 3. The van der Waals surface area contributed by atoms with Gasteiger partial charge >= 0.3 is 0 Å². The predicted molar refractivity (Wildman–Crippen MR) is 97.0 cm³/mol. The van der Waals surface area contributed by atoms with Crippen molar-refractivity contribution < 1.29 is 4.79 Å². The van der Waals surface area contributed by atoms with Gasteiger partial charge in [-0.2, -0.15) is 0 Å². The summed E-state index contributed by atoms with van der Waals surface area (Å²) in [6, 6.07) is 11.9. The minimum atomic E-state index is 0.0457. The smallest absolute Gasteiger partial charge is 0.224 e. The zero-order valence-electron chi connectivity index (χ0n) is 14.2. The Morgan fingerprint density at radius 2 is 2.17 bits per heavy atom. The van der Waals surface area contributed by atoms with Gasteiger partial charge < -0.3 is 10.2 Å². The van der Waals surface area contributed by atoms with Crippen molar-refractivity contribution in [2.45, 2.75) is 39.3 Å². The number of carbonyl (C=O) groups excluding carboxylic acids is 1. The van der Waals surface area contributed by atoms with Crippen molar-refractivity contribution >= 4 is 17.4 Å². The lowest BCUT2D eigenvalue weighted by atomic mass is 9.90. The van der Waals surface area contributed by atoms with E-state index in [4.69, 9.17) is 6.42 Å². The van der Waals surface area contributed by atoms with Crippen molar-refractivity contribution in [2.75, 3.05) is 10.2 Å². The van der Waals surface area contributed by atoms with Gasteiger partial charge in [0.2, 0.25) is 5.91 Å². The number of terminal acetylenes is 1. The van der Waals surface area contributed by atoms with Crippen LogP contribution in [0.1, 0.15) is 43.1 Å². The van der Waals surface area contributed by atoms with Crippen LogP contribution in [-0.4, -0.2) is 16.9 Å². The van der Waals surface area contributed by atoms with E-state index in [1.807, 2.05) is 48.2 Å². The van der Waals surface area contributed by atoms with Gasteiger partial charge in [-0.05, 0) is 56.2 Å². The highest BCUT2D eigenvalue weighted by molar-refractivity contribution is 5.94. The van der Waals surface area contributed by atoms with E-state index in [-0.39, 0.29) is 18.0 Å². The second-order valence-corrected chi connectivity index (χ2v) is 6.25. The Labute approximate surface area is 142 Å². The highest BCUT2D eigenvalue weighted by Gasteiger charge is 2.32. The summed E-state index contributed by atoms with van der Waals surface area (Å²) in [7, 11) is 0. The van der Waals surface area contributed by atoms with Gasteiger partial charge in [-0.3, -0.25) is 4.79 Å². The molecule has 3 rings (SSSR count). The second kappa shape index (κ2) is 6.37. The molecule has 0 saturated carbocycles. The van der Waals surface area contributed by atoms with Crippen LogP contribution in [0.2, 0.25) is 0 Å². The monoisotopic (exact) mass is 319 g/mol. The first kappa shape index (κ1) is 16.1. The van der Waals surface area contributed by atoms with E-state index in [0.29, 0.717) is 0 Å². The summed E-state index contributed by atoms with van der Waals surface area (Å²) in [6.45, 7) is 5.64. The van der Waals surface area contributed by atoms with Gasteiger partial charge in [-0.25, -0.2) is 4.98 Å². The SMILES string of the molecule is C#Cc1ccc2c(c1)[C@H](Nc1cccc(C)n1)C[C@H](C)N2C(C)=O.